The molecule has 0 aliphatic rings. The van der Waals surface area contributed by atoms with E-state index >= 15 is 0 Å². The Bertz CT molecular complexity index is 774. The third-order valence-electron chi connectivity index (χ3n) is 2.71. The minimum absolute atomic E-state index is 0.177. The molecule has 0 unspecified atom stereocenters. The average molecular weight is 338 g/mol. The van der Waals surface area contributed by atoms with Crippen LogP contribution in [0.15, 0.2) is 22.1 Å². The Hall–Kier alpha value is -1.73. The van der Waals surface area contributed by atoms with Gasteiger partial charge in [-0.15, -0.1) is 11.3 Å². The molecule has 0 atom stereocenters. The number of imidazole rings is 1. The van der Waals surface area contributed by atoms with Crippen LogP contribution in [0.4, 0.5) is 0 Å². The first kappa shape index (κ1) is 12.3. The SMILES string of the molecule is Cc1cc(-c2nc3nccc(C(=O)O)c3[nH]2)sc1Br. The first-order chi connectivity index (χ1) is 9.06. The normalized spacial score (nSPS) is 11.1. The summed E-state index contributed by atoms with van der Waals surface area (Å²) >= 11 is 5.01. The highest BCUT2D eigenvalue weighted by molar-refractivity contribution is 9.11. The number of thiophene rings is 1. The molecule has 7 heteroatoms. The number of fused-ring (bicyclic) bond motifs is 1. The van der Waals surface area contributed by atoms with Crippen molar-refractivity contribution in [1.29, 1.82) is 0 Å². The number of nitrogens with zero attached hydrogens (tertiary/aromatic N) is 2. The molecular weight excluding hydrogens is 330 g/mol. The standard InChI is InChI=1S/C12H8BrN3O2S/c1-5-4-7(19-9(5)13)10-15-8-6(12(17)18)2-3-14-11(8)16-10/h2-4H,1H3,(H,17,18)(H,14,15,16). The van der Waals surface area contributed by atoms with Gasteiger partial charge in [0.25, 0.3) is 0 Å². The van der Waals surface area contributed by atoms with Crippen molar-refractivity contribution in [1.82, 2.24) is 15.0 Å². The zero-order valence-corrected chi connectivity index (χ0v) is 12.2. The number of rotatable bonds is 2. The molecule has 0 aliphatic heterocycles. The second-order valence-corrected chi connectivity index (χ2v) is 6.39. The molecule has 0 saturated carbocycles. The highest BCUT2D eigenvalue weighted by Crippen LogP contribution is 2.34. The monoisotopic (exact) mass is 337 g/mol. The highest BCUT2D eigenvalue weighted by Gasteiger charge is 2.15. The Labute approximate surface area is 120 Å². The van der Waals surface area contributed by atoms with Gasteiger partial charge in [0.1, 0.15) is 0 Å². The van der Waals surface area contributed by atoms with E-state index in [4.69, 9.17) is 5.11 Å². The summed E-state index contributed by atoms with van der Waals surface area (Å²) in [5.41, 5.74) is 2.16. The molecule has 0 fully saturated rings. The molecule has 3 heterocycles. The second-order valence-electron chi connectivity index (χ2n) is 4.02. The number of nitrogens with one attached hydrogen (secondary N) is 1. The van der Waals surface area contributed by atoms with Crippen molar-refractivity contribution in [3.8, 4) is 10.7 Å². The van der Waals surface area contributed by atoms with E-state index in [1.807, 2.05) is 13.0 Å². The van der Waals surface area contributed by atoms with Crippen LogP contribution in [-0.2, 0) is 0 Å². The van der Waals surface area contributed by atoms with Crippen LogP contribution in [0.2, 0.25) is 0 Å². The molecule has 96 valence electrons. The Morgan fingerprint density at radius 1 is 1.53 bits per heavy atom. The molecule has 3 rings (SSSR count). The maximum absolute atomic E-state index is 11.1. The largest absolute Gasteiger partial charge is 0.478 e. The molecule has 19 heavy (non-hydrogen) atoms. The van der Waals surface area contributed by atoms with Gasteiger partial charge >= 0.3 is 5.97 Å². The number of carboxylic acid groups (broad SMARTS) is 1. The topological polar surface area (TPSA) is 78.9 Å². The number of aromatic nitrogens is 3. The number of carbonyl (C=O) groups is 1. The van der Waals surface area contributed by atoms with Gasteiger partial charge in [-0.1, -0.05) is 0 Å². The van der Waals surface area contributed by atoms with Crippen LogP contribution in [0, 0.1) is 6.92 Å². The van der Waals surface area contributed by atoms with Crippen LogP contribution < -0.4 is 0 Å². The summed E-state index contributed by atoms with van der Waals surface area (Å²) in [7, 11) is 0. The molecule has 0 bridgehead atoms. The van der Waals surface area contributed by atoms with Crippen LogP contribution >= 0.6 is 27.3 Å². The van der Waals surface area contributed by atoms with Crippen LogP contribution in [0.25, 0.3) is 21.9 Å². The van der Waals surface area contributed by atoms with Crippen molar-refractivity contribution < 1.29 is 9.90 Å². The van der Waals surface area contributed by atoms with E-state index in [2.05, 4.69) is 30.9 Å². The lowest BCUT2D eigenvalue weighted by Crippen LogP contribution is -1.97. The van der Waals surface area contributed by atoms with Crippen molar-refractivity contribution in [2.24, 2.45) is 0 Å². The lowest BCUT2D eigenvalue weighted by atomic mass is 10.2. The van der Waals surface area contributed by atoms with Gasteiger partial charge in [-0.3, -0.25) is 0 Å². The van der Waals surface area contributed by atoms with Crippen molar-refractivity contribution in [2.45, 2.75) is 6.92 Å². The Kier molecular flexibility index (Phi) is 2.87. The number of pyridine rings is 1. The zero-order chi connectivity index (χ0) is 13.6. The molecule has 0 spiro atoms. The number of aryl methyl sites for hydroxylation is 1. The molecule has 3 aromatic heterocycles. The predicted octanol–water partition coefficient (Wildman–Crippen LogP) is 3.46. The van der Waals surface area contributed by atoms with Crippen LogP contribution in [0.1, 0.15) is 15.9 Å². The zero-order valence-electron chi connectivity index (χ0n) is 9.77. The second kappa shape index (κ2) is 4.43. The Morgan fingerprint density at radius 3 is 2.95 bits per heavy atom. The molecular formula is C12H8BrN3O2S. The first-order valence-corrected chi connectivity index (χ1v) is 7.01. The lowest BCUT2D eigenvalue weighted by molar-refractivity contribution is 0.0699. The summed E-state index contributed by atoms with van der Waals surface area (Å²) in [6, 6.07) is 3.45. The average Bonchev–Trinajstić information content (AvgIpc) is 2.93. The van der Waals surface area contributed by atoms with Gasteiger partial charge in [0, 0.05) is 6.20 Å². The fraction of sp³-hybridized carbons (Fsp3) is 0.0833. The minimum Gasteiger partial charge on any atom is -0.478 e. The molecule has 0 amide bonds. The third kappa shape index (κ3) is 2.04. The quantitative estimate of drug-likeness (QED) is 0.750. The molecule has 3 aromatic rings. The number of carboxylic acids is 1. The number of aromatic carboxylic acids is 1. The minimum atomic E-state index is -0.994. The van der Waals surface area contributed by atoms with Gasteiger partial charge < -0.3 is 10.1 Å². The van der Waals surface area contributed by atoms with Crippen molar-refractivity contribution in [2.75, 3.05) is 0 Å². The van der Waals surface area contributed by atoms with Crippen LogP contribution in [-0.4, -0.2) is 26.0 Å². The molecule has 0 aliphatic carbocycles. The molecule has 0 aromatic carbocycles. The lowest BCUT2D eigenvalue weighted by Gasteiger charge is -1.93. The van der Waals surface area contributed by atoms with Gasteiger partial charge in [-0.25, -0.2) is 14.8 Å². The van der Waals surface area contributed by atoms with Crippen molar-refractivity contribution in [3.05, 3.63) is 33.2 Å². The first-order valence-electron chi connectivity index (χ1n) is 5.40. The third-order valence-corrected chi connectivity index (χ3v) is 4.86. The Morgan fingerprint density at radius 2 is 2.32 bits per heavy atom. The summed E-state index contributed by atoms with van der Waals surface area (Å²) in [5.74, 6) is -0.360. The van der Waals surface area contributed by atoms with Gasteiger partial charge in [0.2, 0.25) is 0 Å². The molecule has 0 radical (unpaired) electrons. The van der Waals surface area contributed by atoms with Crippen LogP contribution in [0.5, 0.6) is 0 Å². The van der Waals surface area contributed by atoms with E-state index in [1.165, 1.54) is 12.3 Å². The van der Waals surface area contributed by atoms with Gasteiger partial charge in [-0.2, -0.15) is 0 Å². The fourth-order valence-electron chi connectivity index (χ4n) is 1.78. The van der Waals surface area contributed by atoms with Crippen molar-refractivity contribution in [3.63, 3.8) is 0 Å². The highest BCUT2D eigenvalue weighted by atomic mass is 79.9. The summed E-state index contributed by atoms with van der Waals surface area (Å²) in [5, 5.41) is 9.13. The summed E-state index contributed by atoms with van der Waals surface area (Å²) < 4.78 is 1.04. The van der Waals surface area contributed by atoms with E-state index in [0.29, 0.717) is 17.0 Å². The van der Waals surface area contributed by atoms with Crippen LogP contribution in [0.3, 0.4) is 0 Å². The summed E-state index contributed by atoms with van der Waals surface area (Å²) in [4.78, 5) is 23.5. The van der Waals surface area contributed by atoms with Crippen molar-refractivity contribution >= 4 is 44.4 Å². The maximum atomic E-state index is 11.1. The molecule has 2 N–H and O–H groups in total. The number of hydrogen-bond acceptors (Lipinski definition) is 4. The van der Waals surface area contributed by atoms with Gasteiger partial charge in [-0.05, 0) is 40.5 Å². The summed E-state index contributed by atoms with van der Waals surface area (Å²) in [6.07, 6.45) is 1.45. The maximum Gasteiger partial charge on any atom is 0.338 e. The van der Waals surface area contributed by atoms with E-state index < -0.39 is 5.97 Å². The van der Waals surface area contributed by atoms with Gasteiger partial charge in [0.15, 0.2) is 11.5 Å². The molecule has 0 saturated heterocycles. The smallest absolute Gasteiger partial charge is 0.338 e. The molecule has 5 nitrogen and oxygen atoms in total. The fourth-order valence-corrected chi connectivity index (χ4v) is 3.26. The number of aromatic amines is 1. The van der Waals surface area contributed by atoms with Gasteiger partial charge in [0.05, 0.1) is 19.7 Å². The van der Waals surface area contributed by atoms with E-state index in [1.54, 1.807) is 11.3 Å². The predicted molar refractivity (Wildman–Crippen MR) is 76.6 cm³/mol. The summed E-state index contributed by atoms with van der Waals surface area (Å²) in [6.45, 7) is 1.99. The Balaban J connectivity index is 2.21. The van der Waals surface area contributed by atoms with E-state index in [0.717, 1.165) is 14.2 Å². The number of H-pyrrole nitrogens is 1. The van der Waals surface area contributed by atoms with E-state index in [9.17, 15) is 4.79 Å². The van der Waals surface area contributed by atoms with E-state index in [-0.39, 0.29) is 5.56 Å². The number of hydrogen-bond donors (Lipinski definition) is 2. The number of halogens is 1.